The van der Waals surface area contributed by atoms with E-state index in [1.165, 1.54) is 0 Å². The Kier molecular flexibility index (Phi) is 1.90. The lowest BCUT2D eigenvalue weighted by molar-refractivity contribution is -0.267. The van der Waals surface area contributed by atoms with Crippen molar-refractivity contribution in [2.75, 3.05) is 26.3 Å². The highest BCUT2D eigenvalue weighted by Gasteiger charge is 2.46. The van der Waals surface area contributed by atoms with Crippen LogP contribution >= 0.6 is 0 Å². The molecule has 1 N–H and O–H groups in total. The molecule has 0 radical (unpaired) electrons. The Morgan fingerprint density at radius 2 is 2.08 bits per heavy atom. The lowest BCUT2D eigenvalue weighted by Crippen LogP contribution is -2.66. The molecule has 2 saturated heterocycles. The van der Waals surface area contributed by atoms with Gasteiger partial charge in [-0.05, 0) is 13.3 Å². The summed E-state index contributed by atoms with van der Waals surface area (Å²) in [5.41, 5.74) is 0.108. The van der Waals surface area contributed by atoms with E-state index in [9.17, 15) is 0 Å². The molecule has 0 unspecified atom stereocenters. The van der Waals surface area contributed by atoms with Crippen LogP contribution in [0.4, 0.5) is 0 Å². The second-order valence-electron chi connectivity index (χ2n) is 4.18. The van der Waals surface area contributed by atoms with Crippen molar-refractivity contribution in [1.82, 2.24) is 5.32 Å². The van der Waals surface area contributed by atoms with Crippen LogP contribution in [0.25, 0.3) is 0 Å². The van der Waals surface area contributed by atoms with Crippen molar-refractivity contribution >= 4 is 0 Å². The molecule has 2 aliphatic heterocycles. The molecule has 2 heterocycles. The van der Waals surface area contributed by atoms with E-state index >= 15 is 0 Å². The molecule has 0 bridgehead atoms. The van der Waals surface area contributed by atoms with E-state index in [1.807, 2.05) is 0 Å². The predicted molar refractivity (Wildman–Crippen MR) is 46.2 cm³/mol. The molecule has 0 atom stereocenters. The molecule has 0 aromatic rings. The molecule has 0 aliphatic carbocycles. The van der Waals surface area contributed by atoms with E-state index in [4.69, 9.17) is 9.47 Å². The van der Waals surface area contributed by atoms with Crippen molar-refractivity contribution in [1.29, 1.82) is 0 Å². The van der Waals surface area contributed by atoms with Gasteiger partial charge in [0.25, 0.3) is 0 Å². The van der Waals surface area contributed by atoms with Gasteiger partial charge in [-0.2, -0.15) is 0 Å². The molecular weight excluding hydrogens is 154 g/mol. The van der Waals surface area contributed by atoms with Crippen LogP contribution in [-0.2, 0) is 9.47 Å². The van der Waals surface area contributed by atoms with Gasteiger partial charge in [0.05, 0.1) is 18.8 Å². The topological polar surface area (TPSA) is 30.5 Å². The first kappa shape index (κ1) is 8.48. The quantitative estimate of drug-likeness (QED) is 0.672. The van der Waals surface area contributed by atoms with Crippen molar-refractivity contribution in [2.45, 2.75) is 31.5 Å². The summed E-state index contributed by atoms with van der Waals surface area (Å²) in [7, 11) is 0. The minimum atomic E-state index is 0.0385. The van der Waals surface area contributed by atoms with Crippen molar-refractivity contribution in [2.24, 2.45) is 0 Å². The smallest absolute Gasteiger partial charge is 0.115 e. The monoisotopic (exact) mass is 171 g/mol. The Hall–Kier alpha value is -0.120. The second-order valence-corrected chi connectivity index (χ2v) is 4.18. The van der Waals surface area contributed by atoms with Crippen LogP contribution < -0.4 is 5.32 Å². The first-order valence-electron chi connectivity index (χ1n) is 4.67. The Labute approximate surface area is 73.4 Å². The van der Waals surface area contributed by atoms with Gasteiger partial charge in [-0.3, -0.25) is 0 Å². The summed E-state index contributed by atoms with van der Waals surface area (Å²) in [6.45, 7) is 7.85. The van der Waals surface area contributed by atoms with Gasteiger partial charge in [-0.15, -0.1) is 0 Å². The molecule has 0 amide bonds. The summed E-state index contributed by atoms with van der Waals surface area (Å²) in [5, 5.41) is 3.23. The van der Waals surface area contributed by atoms with Crippen LogP contribution in [0.2, 0.25) is 0 Å². The van der Waals surface area contributed by atoms with E-state index in [0.29, 0.717) is 0 Å². The van der Waals surface area contributed by atoms with Crippen LogP contribution in [0.1, 0.15) is 20.3 Å². The van der Waals surface area contributed by atoms with Crippen molar-refractivity contribution in [3.05, 3.63) is 0 Å². The van der Waals surface area contributed by atoms with Crippen molar-refractivity contribution in [3.8, 4) is 0 Å². The zero-order chi connectivity index (χ0) is 8.66. The van der Waals surface area contributed by atoms with Gasteiger partial charge < -0.3 is 14.8 Å². The van der Waals surface area contributed by atoms with Crippen LogP contribution in [0, 0.1) is 0 Å². The van der Waals surface area contributed by atoms with Crippen molar-refractivity contribution < 1.29 is 9.47 Å². The Balaban J connectivity index is 1.91. The molecule has 0 saturated carbocycles. The van der Waals surface area contributed by atoms with Gasteiger partial charge >= 0.3 is 0 Å². The van der Waals surface area contributed by atoms with Gasteiger partial charge in [-0.1, -0.05) is 6.92 Å². The Bertz CT molecular complexity index is 168. The van der Waals surface area contributed by atoms with E-state index < -0.39 is 0 Å². The number of nitrogens with one attached hydrogen (secondary N) is 1. The lowest BCUT2D eigenvalue weighted by Gasteiger charge is -2.50. The third-order valence-corrected chi connectivity index (χ3v) is 2.84. The SMILES string of the molecule is CCC1(OC2(C)CNC2)COC1. The molecule has 2 fully saturated rings. The molecule has 3 nitrogen and oxygen atoms in total. The maximum atomic E-state index is 6.06. The third kappa shape index (κ3) is 1.26. The van der Waals surface area contributed by atoms with Gasteiger partial charge in [-0.25, -0.2) is 0 Å². The minimum Gasteiger partial charge on any atom is -0.375 e. The lowest BCUT2D eigenvalue weighted by atomic mass is 9.93. The average Bonchev–Trinajstić information content (AvgIpc) is 1.93. The Morgan fingerprint density at radius 1 is 1.42 bits per heavy atom. The number of rotatable bonds is 3. The minimum absolute atomic E-state index is 0.0385. The number of ether oxygens (including phenoxy) is 2. The normalized spacial score (nSPS) is 30.5. The Morgan fingerprint density at radius 3 is 2.33 bits per heavy atom. The number of hydrogen-bond donors (Lipinski definition) is 1. The average molecular weight is 171 g/mol. The van der Waals surface area contributed by atoms with E-state index in [-0.39, 0.29) is 11.2 Å². The highest BCUT2D eigenvalue weighted by molar-refractivity contribution is 4.97. The van der Waals surface area contributed by atoms with Crippen LogP contribution in [0.3, 0.4) is 0 Å². The zero-order valence-electron chi connectivity index (χ0n) is 7.85. The third-order valence-electron chi connectivity index (χ3n) is 2.84. The van der Waals surface area contributed by atoms with E-state index in [2.05, 4.69) is 19.2 Å². The van der Waals surface area contributed by atoms with Crippen LogP contribution in [0.15, 0.2) is 0 Å². The maximum absolute atomic E-state index is 6.06. The zero-order valence-corrected chi connectivity index (χ0v) is 7.85. The number of hydrogen-bond acceptors (Lipinski definition) is 3. The molecule has 0 spiro atoms. The van der Waals surface area contributed by atoms with E-state index in [1.54, 1.807) is 0 Å². The van der Waals surface area contributed by atoms with Crippen molar-refractivity contribution in [3.63, 3.8) is 0 Å². The first-order valence-corrected chi connectivity index (χ1v) is 4.67. The highest BCUT2D eigenvalue weighted by Crippen LogP contribution is 2.32. The molecule has 3 heteroatoms. The fourth-order valence-electron chi connectivity index (χ4n) is 1.74. The first-order chi connectivity index (χ1) is 5.68. The maximum Gasteiger partial charge on any atom is 0.115 e. The van der Waals surface area contributed by atoms with Crippen LogP contribution in [0.5, 0.6) is 0 Å². The molecule has 12 heavy (non-hydrogen) atoms. The summed E-state index contributed by atoms with van der Waals surface area (Å²) in [6, 6.07) is 0. The fraction of sp³-hybridized carbons (Fsp3) is 1.00. The highest BCUT2D eigenvalue weighted by atomic mass is 16.6. The summed E-state index contributed by atoms with van der Waals surface area (Å²) in [4.78, 5) is 0. The standard InChI is InChI=1S/C9H17NO2/c1-3-9(6-11-7-9)12-8(2)4-10-5-8/h10H,3-7H2,1-2H3. The summed E-state index contributed by atoms with van der Waals surface area (Å²) < 4.78 is 11.3. The largest absolute Gasteiger partial charge is 0.375 e. The van der Waals surface area contributed by atoms with Gasteiger partial charge in [0.1, 0.15) is 5.60 Å². The van der Waals surface area contributed by atoms with Gasteiger partial charge in [0, 0.05) is 13.1 Å². The molecule has 2 aliphatic rings. The predicted octanol–water partition coefficient (Wildman–Crippen LogP) is 0.544. The molecule has 2 rings (SSSR count). The van der Waals surface area contributed by atoms with Gasteiger partial charge in [0.2, 0.25) is 0 Å². The van der Waals surface area contributed by atoms with Crippen LogP contribution in [-0.4, -0.2) is 37.5 Å². The van der Waals surface area contributed by atoms with E-state index in [0.717, 1.165) is 32.7 Å². The summed E-state index contributed by atoms with van der Waals surface area (Å²) in [5.74, 6) is 0. The van der Waals surface area contributed by atoms with Gasteiger partial charge in [0.15, 0.2) is 0 Å². The second kappa shape index (κ2) is 2.69. The summed E-state index contributed by atoms with van der Waals surface area (Å²) in [6.07, 6.45) is 1.06. The summed E-state index contributed by atoms with van der Waals surface area (Å²) >= 11 is 0. The fourth-order valence-corrected chi connectivity index (χ4v) is 1.74. The molecule has 0 aromatic carbocycles. The molecule has 70 valence electrons. The molecular formula is C9H17NO2. The molecule has 0 aromatic heterocycles.